The van der Waals surface area contributed by atoms with Gasteiger partial charge < -0.3 is 10.2 Å². The van der Waals surface area contributed by atoms with Crippen LogP contribution in [0, 0.1) is 11.3 Å². The number of fused-ring (bicyclic) bond motifs is 2. The van der Waals surface area contributed by atoms with Gasteiger partial charge in [-0.2, -0.15) is 0 Å². The number of nitrogens with zero attached hydrogens (tertiary/aromatic N) is 1. The Bertz CT molecular complexity index is 294. The van der Waals surface area contributed by atoms with Gasteiger partial charge in [0.25, 0.3) is 0 Å². The van der Waals surface area contributed by atoms with Gasteiger partial charge in [-0.15, -0.1) is 0 Å². The Balaban J connectivity index is 1.97. The van der Waals surface area contributed by atoms with E-state index in [4.69, 9.17) is 0 Å². The third kappa shape index (κ3) is 2.99. The second kappa shape index (κ2) is 5.10. The molecule has 1 unspecified atom stereocenters. The Kier molecular flexibility index (Phi) is 3.88. The van der Waals surface area contributed by atoms with Crippen LogP contribution in [0.15, 0.2) is 0 Å². The molecule has 2 fully saturated rings. The topological polar surface area (TPSA) is 32.3 Å². The lowest BCUT2D eigenvalue weighted by Gasteiger charge is -2.40. The summed E-state index contributed by atoms with van der Waals surface area (Å²) in [4.78, 5) is 14.2. The van der Waals surface area contributed by atoms with Gasteiger partial charge in [-0.25, -0.2) is 4.79 Å². The molecule has 2 aliphatic rings. The number of amides is 2. The van der Waals surface area contributed by atoms with E-state index in [0.29, 0.717) is 17.5 Å². The normalized spacial score (nSPS) is 31.6. The molecule has 0 aliphatic carbocycles. The molecule has 18 heavy (non-hydrogen) atoms. The summed E-state index contributed by atoms with van der Waals surface area (Å²) in [6.07, 6.45) is 6.14. The minimum absolute atomic E-state index is 0.166. The number of piperidine rings is 1. The number of carbonyl (C=O) groups excluding carboxylic acids is 1. The highest BCUT2D eigenvalue weighted by Gasteiger charge is 2.43. The molecule has 0 aromatic carbocycles. The van der Waals surface area contributed by atoms with E-state index >= 15 is 0 Å². The fourth-order valence-corrected chi connectivity index (χ4v) is 3.90. The molecule has 3 nitrogen and oxygen atoms in total. The van der Waals surface area contributed by atoms with Crippen molar-refractivity contribution in [3.63, 3.8) is 0 Å². The fourth-order valence-electron chi connectivity index (χ4n) is 3.90. The summed E-state index contributed by atoms with van der Waals surface area (Å²) in [5, 5.41) is 2.97. The molecule has 3 heteroatoms. The molecule has 1 N–H and O–H groups in total. The van der Waals surface area contributed by atoms with Gasteiger partial charge in [0.05, 0.1) is 0 Å². The molecule has 0 radical (unpaired) electrons. The Morgan fingerprint density at radius 3 is 2.22 bits per heavy atom. The molecule has 2 aliphatic heterocycles. The van der Waals surface area contributed by atoms with Crippen LogP contribution in [0.2, 0.25) is 0 Å². The minimum Gasteiger partial charge on any atom is -0.338 e. The molecule has 0 saturated carbocycles. The van der Waals surface area contributed by atoms with E-state index in [2.05, 4.69) is 31.0 Å². The van der Waals surface area contributed by atoms with Gasteiger partial charge in [0.15, 0.2) is 0 Å². The van der Waals surface area contributed by atoms with Gasteiger partial charge in [0.2, 0.25) is 0 Å². The maximum Gasteiger partial charge on any atom is 0.317 e. The van der Waals surface area contributed by atoms with Crippen molar-refractivity contribution in [2.75, 3.05) is 6.54 Å². The molecule has 2 rings (SSSR count). The summed E-state index contributed by atoms with van der Waals surface area (Å²) >= 11 is 0. The zero-order valence-electron chi connectivity index (χ0n) is 12.3. The molecular formula is C15H28N2O. The molecule has 2 saturated heterocycles. The summed E-state index contributed by atoms with van der Waals surface area (Å²) < 4.78 is 0. The van der Waals surface area contributed by atoms with Crippen molar-refractivity contribution in [2.45, 2.75) is 71.9 Å². The highest BCUT2D eigenvalue weighted by Crippen LogP contribution is 2.42. The van der Waals surface area contributed by atoms with Crippen LogP contribution in [0.25, 0.3) is 0 Å². The molecule has 3 atom stereocenters. The Morgan fingerprint density at radius 1 is 1.22 bits per heavy atom. The van der Waals surface area contributed by atoms with E-state index in [1.165, 1.54) is 32.1 Å². The van der Waals surface area contributed by atoms with E-state index in [0.717, 1.165) is 12.5 Å². The second-order valence-electron chi connectivity index (χ2n) is 7.23. The zero-order valence-corrected chi connectivity index (χ0v) is 12.3. The lowest BCUT2D eigenvalue weighted by Crippen LogP contribution is -2.51. The minimum atomic E-state index is 0.166. The Morgan fingerprint density at radius 2 is 1.78 bits per heavy atom. The third-order valence-corrected chi connectivity index (χ3v) is 4.29. The number of hydrogen-bond donors (Lipinski definition) is 1. The predicted molar refractivity (Wildman–Crippen MR) is 74.5 cm³/mol. The van der Waals surface area contributed by atoms with Crippen molar-refractivity contribution in [1.82, 2.24) is 10.2 Å². The van der Waals surface area contributed by atoms with Crippen LogP contribution >= 0.6 is 0 Å². The van der Waals surface area contributed by atoms with Crippen LogP contribution in [0.4, 0.5) is 4.79 Å². The van der Waals surface area contributed by atoms with Gasteiger partial charge >= 0.3 is 6.03 Å². The highest BCUT2D eigenvalue weighted by atomic mass is 16.2. The van der Waals surface area contributed by atoms with Gasteiger partial charge in [0.1, 0.15) is 0 Å². The first-order valence-electron chi connectivity index (χ1n) is 7.47. The summed E-state index contributed by atoms with van der Waals surface area (Å²) in [5.74, 6) is 0.813. The first-order valence-corrected chi connectivity index (χ1v) is 7.47. The Hall–Kier alpha value is -0.730. The molecule has 104 valence electrons. The van der Waals surface area contributed by atoms with Crippen molar-refractivity contribution in [3.05, 3.63) is 0 Å². The number of hydrogen-bond acceptors (Lipinski definition) is 1. The molecule has 2 bridgehead atoms. The molecule has 2 heterocycles. The number of urea groups is 1. The fraction of sp³-hybridized carbons (Fsp3) is 0.933. The van der Waals surface area contributed by atoms with Gasteiger partial charge in [-0.3, -0.25) is 0 Å². The second-order valence-corrected chi connectivity index (χ2v) is 7.23. The van der Waals surface area contributed by atoms with Crippen LogP contribution < -0.4 is 5.32 Å². The molecular weight excluding hydrogens is 224 g/mol. The van der Waals surface area contributed by atoms with Crippen molar-refractivity contribution < 1.29 is 4.79 Å². The molecule has 0 spiro atoms. The smallest absolute Gasteiger partial charge is 0.317 e. The first-order chi connectivity index (χ1) is 8.40. The zero-order chi connectivity index (χ0) is 13.3. The van der Waals surface area contributed by atoms with Gasteiger partial charge in [-0.05, 0) is 50.4 Å². The maximum atomic E-state index is 12.1. The van der Waals surface area contributed by atoms with Crippen molar-refractivity contribution in [1.29, 1.82) is 0 Å². The van der Waals surface area contributed by atoms with Crippen LogP contribution in [-0.2, 0) is 0 Å². The van der Waals surface area contributed by atoms with Crippen molar-refractivity contribution >= 4 is 6.03 Å². The quantitative estimate of drug-likeness (QED) is 0.802. The van der Waals surface area contributed by atoms with E-state index in [-0.39, 0.29) is 6.03 Å². The molecule has 2 amide bonds. The first kappa shape index (κ1) is 13.7. The number of carbonyl (C=O) groups is 1. The molecule has 0 aromatic heterocycles. The van der Waals surface area contributed by atoms with Crippen LogP contribution in [0.1, 0.15) is 59.8 Å². The van der Waals surface area contributed by atoms with E-state index < -0.39 is 0 Å². The SMILES string of the molecule is CCNC(=O)N1[C@@H]2CC[C@H]1CC(CC(C)(C)C)C2. The average molecular weight is 252 g/mol. The van der Waals surface area contributed by atoms with E-state index in [9.17, 15) is 4.79 Å². The number of nitrogens with one attached hydrogen (secondary N) is 1. The van der Waals surface area contributed by atoms with Gasteiger partial charge in [0, 0.05) is 18.6 Å². The van der Waals surface area contributed by atoms with E-state index in [1.807, 2.05) is 6.92 Å². The average Bonchev–Trinajstić information content (AvgIpc) is 2.49. The summed E-state index contributed by atoms with van der Waals surface area (Å²) in [7, 11) is 0. The molecule has 0 aromatic rings. The van der Waals surface area contributed by atoms with Gasteiger partial charge in [-0.1, -0.05) is 20.8 Å². The summed E-state index contributed by atoms with van der Waals surface area (Å²) in [6.45, 7) is 9.70. The highest BCUT2D eigenvalue weighted by molar-refractivity contribution is 5.75. The van der Waals surface area contributed by atoms with Crippen LogP contribution in [0.5, 0.6) is 0 Å². The number of rotatable bonds is 2. The lowest BCUT2D eigenvalue weighted by molar-refractivity contribution is 0.105. The summed E-state index contributed by atoms with van der Waals surface area (Å²) in [6, 6.07) is 1.17. The largest absolute Gasteiger partial charge is 0.338 e. The Labute approximate surface area is 111 Å². The standard InChI is InChI=1S/C15H28N2O/c1-5-16-14(18)17-12-6-7-13(17)9-11(8-12)10-15(2,3)4/h11-13H,5-10H2,1-4H3,(H,16,18)/t11?,12-,13+. The van der Waals surface area contributed by atoms with E-state index in [1.54, 1.807) is 0 Å². The third-order valence-electron chi connectivity index (χ3n) is 4.29. The van der Waals surface area contributed by atoms with Crippen molar-refractivity contribution in [3.8, 4) is 0 Å². The predicted octanol–water partition coefficient (Wildman–Crippen LogP) is 3.40. The van der Waals surface area contributed by atoms with Crippen LogP contribution in [0.3, 0.4) is 0 Å². The van der Waals surface area contributed by atoms with Crippen molar-refractivity contribution in [2.24, 2.45) is 11.3 Å². The summed E-state index contributed by atoms with van der Waals surface area (Å²) in [5.41, 5.74) is 0.415. The maximum absolute atomic E-state index is 12.1. The monoisotopic (exact) mass is 252 g/mol. The van der Waals surface area contributed by atoms with Crippen LogP contribution in [-0.4, -0.2) is 29.6 Å². The lowest BCUT2D eigenvalue weighted by atomic mass is 9.78.